The first kappa shape index (κ1) is 3.68. The van der Waals surface area contributed by atoms with Gasteiger partial charge in [-0.1, -0.05) is 0 Å². The Labute approximate surface area is 36.8 Å². The van der Waals surface area contributed by atoms with Crippen LogP contribution in [0.5, 0.6) is 0 Å². The molecule has 33 valence electrons. The molecular weight excluding hydrogens is 78.0 g/mol. The fourth-order valence-electron chi connectivity index (χ4n) is 0.332. The van der Waals surface area contributed by atoms with Crippen LogP contribution in [0.25, 0.3) is 0 Å². The predicted octanol–water partition coefficient (Wildman–Crippen LogP) is 0.239. The molecule has 1 heterocycles. The third kappa shape index (κ3) is 0.518. The van der Waals surface area contributed by atoms with E-state index in [0.717, 1.165) is 12.3 Å². The van der Waals surface area contributed by atoms with Crippen molar-refractivity contribution in [3.8, 4) is 0 Å². The van der Waals surface area contributed by atoms with Crippen LogP contribution >= 0.6 is 0 Å². The van der Waals surface area contributed by atoms with Gasteiger partial charge in [-0.05, 0) is 6.08 Å². The number of nitrogens with one attached hydrogen (secondary N) is 1. The smallest absolute Gasteiger partial charge is 0.122 e. The van der Waals surface area contributed by atoms with E-state index in [1.165, 1.54) is 0 Å². The highest BCUT2D eigenvalue weighted by Crippen LogP contribution is 1.94. The average molecular weight is 84.1 g/mol. The maximum atomic E-state index is 4.65. The van der Waals surface area contributed by atoms with E-state index in [1.54, 1.807) is 0 Å². The average Bonchev–Trinajstić information content (AvgIpc) is 1.86. The normalized spacial score (nSPS) is 19.8. The second kappa shape index (κ2) is 1.30. The highest BCUT2D eigenvalue weighted by atomic mass is 16.7. The van der Waals surface area contributed by atoms with Gasteiger partial charge in [0.15, 0.2) is 0 Å². The van der Waals surface area contributed by atoms with Crippen molar-refractivity contribution >= 4 is 0 Å². The number of hydrogen-bond donors (Lipinski definition) is 1. The molecule has 0 saturated heterocycles. The number of rotatable bonds is 0. The molecule has 0 atom stereocenters. The summed E-state index contributed by atoms with van der Waals surface area (Å²) in [5, 5.41) is 0. The van der Waals surface area contributed by atoms with Crippen molar-refractivity contribution < 1.29 is 4.84 Å². The van der Waals surface area contributed by atoms with Crippen LogP contribution in [-0.2, 0) is 4.84 Å². The molecule has 0 aromatic carbocycles. The first-order chi connectivity index (χ1) is 2.89. The Balaban J connectivity index is 2.45. The zero-order valence-corrected chi connectivity index (χ0v) is 3.40. The van der Waals surface area contributed by atoms with Crippen molar-refractivity contribution in [3.05, 3.63) is 18.8 Å². The van der Waals surface area contributed by atoms with Gasteiger partial charge in [0.25, 0.3) is 0 Å². The van der Waals surface area contributed by atoms with Crippen LogP contribution in [0.1, 0.15) is 0 Å². The van der Waals surface area contributed by atoms with Gasteiger partial charge >= 0.3 is 0 Å². The minimum atomic E-state index is 0.718. The second-order valence-electron chi connectivity index (χ2n) is 1.12. The second-order valence-corrected chi connectivity index (χ2v) is 1.12. The number of hydroxylamine groups is 1. The first-order valence-corrected chi connectivity index (χ1v) is 1.81. The van der Waals surface area contributed by atoms with E-state index in [1.807, 2.05) is 6.08 Å². The third-order valence-corrected chi connectivity index (χ3v) is 0.616. The van der Waals surface area contributed by atoms with E-state index in [9.17, 15) is 0 Å². The fraction of sp³-hybridized carbons (Fsp3) is 0.250. The molecule has 1 aliphatic rings. The van der Waals surface area contributed by atoms with Crippen LogP contribution in [0.4, 0.5) is 0 Å². The molecule has 0 aromatic heterocycles. The molecule has 0 unspecified atom stereocenters. The minimum absolute atomic E-state index is 0.718. The molecule has 0 aromatic rings. The van der Waals surface area contributed by atoms with Gasteiger partial charge < -0.3 is 4.84 Å². The highest BCUT2D eigenvalue weighted by molar-refractivity contribution is 4.99. The molecule has 1 N–H and O–H groups in total. The Morgan fingerprint density at radius 3 is 3.00 bits per heavy atom. The zero-order valence-electron chi connectivity index (χ0n) is 3.40. The molecule has 0 bridgehead atoms. The summed E-state index contributed by atoms with van der Waals surface area (Å²) in [7, 11) is 0. The molecule has 6 heavy (non-hydrogen) atoms. The van der Waals surface area contributed by atoms with Crippen molar-refractivity contribution in [1.82, 2.24) is 5.48 Å². The van der Waals surface area contributed by atoms with Crippen LogP contribution in [0, 0.1) is 6.92 Å². The molecule has 2 nitrogen and oxygen atoms in total. The van der Waals surface area contributed by atoms with Crippen LogP contribution in [0.2, 0.25) is 0 Å². The Morgan fingerprint density at radius 1 is 2.00 bits per heavy atom. The monoisotopic (exact) mass is 84.0 g/mol. The van der Waals surface area contributed by atoms with Gasteiger partial charge in [-0.25, -0.2) is 0 Å². The van der Waals surface area contributed by atoms with Crippen molar-refractivity contribution in [2.75, 3.05) is 6.54 Å². The molecule has 0 amide bonds. The van der Waals surface area contributed by atoms with Crippen LogP contribution in [0.3, 0.4) is 0 Å². The number of allylic oxidation sites excluding steroid dienone is 1. The molecule has 0 aliphatic carbocycles. The van der Waals surface area contributed by atoms with Gasteiger partial charge in [0.05, 0.1) is 6.54 Å². The number of hydrogen-bond acceptors (Lipinski definition) is 2. The fourth-order valence-corrected chi connectivity index (χ4v) is 0.332. The van der Waals surface area contributed by atoms with Crippen LogP contribution in [-0.4, -0.2) is 6.54 Å². The first-order valence-electron chi connectivity index (χ1n) is 1.81. The zero-order chi connectivity index (χ0) is 4.41. The van der Waals surface area contributed by atoms with E-state index < -0.39 is 0 Å². The molecule has 1 rings (SSSR count). The topological polar surface area (TPSA) is 21.3 Å². The third-order valence-electron chi connectivity index (χ3n) is 0.616. The molecule has 0 spiro atoms. The molecule has 0 fully saturated rings. The van der Waals surface area contributed by atoms with Crippen molar-refractivity contribution in [3.63, 3.8) is 0 Å². The maximum Gasteiger partial charge on any atom is 0.122 e. The van der Waals surface area contributed by atoms with E-state index in [0.29, 0.717) is 0 Å². The van der Waals surface area contributed by atoms with Gasteiger partial charge in [-0.2, -0.15) is 5.48 Å². The quantitative estimate of drug-likeness (QED) is 0.454. The Hall–Kier alpha value is -0.500. The SMILES string of the molecule is [CH2]C1=CCNO1. The van der Waals surface area contributed by atoms with Gasteiger partial charge in [-0.3, -0.25) is 0 Å². The van der Waals surface area contributed by atoms with E-state index >= 15 is 0 Å². The summed E-state index contributed by atoms with van der Waals surface area (Å²) < 4.78 is 0. The lowest BCUT2D eigenvalue weighted by Gasteiger charge is -1.90. The van der Waals surface area contributed by atoms with Crippen molar-refractivity contribution in [2.24, 2.45) is 0 Å². The van der Waals surface area contributed by atoms with Gasteiger partial charge in [-0.15, -0.1) is 0 Å². The minimum Gasteiger partial charge on any atom is -0.413 e. The Bertz CT molecular complexity index is 77.6. The summed E-state index contributed by atoms with van der Waals surface area (Å²) in [5.74, 6) is 0.718. The lowest BCUT2D eigenvalue weighted by molar-refractivity contribution is 0.148. The standard InChI is InChI=1S/C4H6NO/c1-4-2-3-5-6-4/h2,5H,1,3H2. The summed E-state index contributed by atoms with van der Waals surface area (Å²) in [4.78, 5) is 4.65. The molecular formula is C4H6NO. The maximum absolute atomic E-state index is 4.65. The van der Waals surface area contributed by atoms with E-state index in [-0.39, 0.29) is 0 Å². The highest BCUT2D eigenvalue weighted by Gasteiger charge is 1.94. The lowest BCUT2D eigenvalue weighted by atomic mass is 10.5. The molecule has 1 aliphatic heterocycles. The summed E-state index contributed by atoms with van der Waals surface area (Å²) in [5.41, 5.74) is 2.62. The summed E-state index contributed by atoms with van der Waals surface area (Å²) in [6, 6.07) is 0. The largest absolute Gasteiger partial charge is 0.413 e. The molecule has 1 radical (unpaired) electrons. The van der Waals surface area contributed by atoms with E-state index in [4.69, 9.17) is 0 Å². The molecule has 2 heteroatoms. The predicted molar refractivity (Wildman–Crippen MR) is 22.5 cm³/mol. The summed E-state index contributed by atoms with van der Waals surface area (Å²) in [6.07, 6.45) is 1.88. The van der Waals surface area contributed by atoms with Crippen LogP contribution in [0.15, 0.2) is 11.8 Å². The Kier molecular flexibility index (Phi) is 0.801. The lowest BCUT2D eigenvalue weighted by Crippen LogP contribution is -2.03. The van der Waals surface area contributed by atoms with Gasteiger partial charge in [0.1, 0.15) is 5.76 Å². The summed E-state index contributed by atoms with van der Waals surface area (Å²) in [6.45, 7) is 4.30. The van der Waals surface area contributed by atoms with Crippen molar-refractivity contribution in [2.45, 2.75) is 0 Å². The molecule has 0 saturated carbocycles. The van der Waals surface area contributed by atoms with Crippen molar-refractivity contribution in [1.29, 1.82) is 0 Å². The summed E-state index contributed by atoms with van der Waals surface area (Å²) >= 11 is 0. The van der Waals surface area contributed by atoms with Gasteiger partial charge in [0.2, 0.25) is 0 Å². The van der Waals surface area contributed by atoms with Crippen LogP contribution < -0.4 is 5.48 Å². The van der Waals surface area contributed by atoms with Gasteiger partial charge in [0, 0.05) is 6.92 Å². The Morgan fingerprint density at radius 2 is 2.83 bits per heavy atom. The van der Waals surface area contributed by atoms with E-state index in [2.05, 4.69) is 17.2 Å².